The Labute approximate surface area is 201 Å². The molecule has 0 saturated carbocycles. The summed E-state index contributed by atoms with van der Waals surface area (Å²) in [6, 6.07) is 19.8. The molecule has 1 heterocycles. The summed E-state index contributed by atoms with van der Waals surface area (Å²) < 4.78 is 42.4. The maximum atomic E-state index is 14.0. The molecule has 4 nitrogen and oxygen atoms in total. The Morgan fingerprint density at radius 3 is 2.44 bits per heavy atom. The Morgan fingerprint density at radius 2 is 1.74 bits per heavy atom. The first kappa shape index (κ1) is 22.7. The van der Waals surface area contributed by atoms with Gasteiger partial charge in [0, 0.05) is 11.6 Å². The van der Waals surface area contributed by atoms with Crippen molar-refractivity contribution in [3.05, 3.63) is 101 Å². The van der Waals surface area contributed by atoms with Crippen LogP contribution in [0.4, 0.5) is 15.8 Å². The number of nitrogens with one attached hydrogen (secondary N) is 2. The van der Waals surface area contributed by atoms with Crippen molar-refractivity contribution in [2.45, 2.75) is 49.5 Å². The molecule has 0 bridgehead atoms. The van der Waals surface area contributed by atoms with Gasteiger partial charge in [0.2, 0.25) is 0 Å². The first-order valence-corrected chi connectivity index (χ1v) is 13.1. The first-order chi connectivity index (χ1) is 16.1. The van der Waals surface area contributed by atoms with Gasteiger partial charge in [-0.15, -0.1) is 0 Å². The van der Waals surface area contributed by atoms with Crippen LogP contribution in [0, 0.1) is 11.7 Å². The summed E-state index contributed by atoms with van der Waals surface area (Å²) in [5, 5.41) is 3.67. The highest BCUT2D eigenvalue weighted by Crippen LogP contribution is 2.50. The van der Waals surface area contributed by atoms with Crippen molar-refractivity contribution in [3.8, 4) is 0 Å². The molecule has 0 fully saturated rings. The fraction of sp³-hybridized carbons (Fsp3) is 0.286. The van der Waals surface area contributed by atoms with Crippen LogP contribution in [0.3, 0.4) is 0 Å². The van der Waals surface area contributed by atoms with Crippen LogP contribution in [0.15, 0.2) is 83.8 Å². The Hall–Kier alpha value is -3.12. The predicted molar refractivity (Wildman–Crippen MR) is 135 cm³/mol. The van der Waals surface area contributed by atoms with Crippen molar-refractivity contribution < 1.29 is 12.8 Å². The molecule has 34 heavy (non-hydrogen) atoms. The summed E-state index contributed by atoms with van der Waals surface area (Å²) in [7, 11) is -3.92. The van der Waals surface area contributed by atoms with E-state index in [9.17, 15) is 12.8 Å². The molecule has 6 heteroatoms. The zero-order chi connectivity index (χ0) is 24.1. The minimum absolute atomic E-state index is 0.0595. The van der Waals surface area contributed by atoms with Crippen LogP contribution in [-0.2, 0) is 15.4 Å². The number of para-hydroxylation sites is 1. The zero-order valence-corrected chi connectivity index (χ0v) is 20.4. The molecule has 3 aromatic rings. The second-order valence-electron chi connectivity index (χ2n) is 10.2. The summed E-state index contributed by atoms with van der Waals surface area (Å²) in [5.41, 5.74) is 4.46. The molecule has 0 saturated heterocycles. The van der Waals surface area contributed by atoms with Crippen molar-refractivity contribution in [1.82, 2.24) is 0 Å². The van der Waals surface area contributed by atoms with Gasteiger partial charge in [0.1, 0.15) is 5.82 Å². The van der Waals surface area contributed by atoms with Crippen LogP contribution in [0.1, 0.15) is 55.8 Å². The first-order valence-electron chi connectivity index (χ1n) is 11.6. The van der Waals surface area contributed by atoms with Crippen molar-refractivity contribution in [1.29, 1.82) is 0 Å². The van der Waals surface area contributed by atoms with Gasteiger partial charge in [0.05, 0.1) is 16.6 Å². The Morgan fingerprint density at radius 1 is 1.00 bits per heavy atom. The van der Waals surface area contributed by atoms with Gasteiger partial charge < -0.3 is 5.32 Å². The molecule has 176 valence electrons. The predicted octanol–water partition coefficient (Wildman–Crippen LogP) is 6.75. The third-order valence-electron chi connectivity index (χ3n) is 6.90. The summed E-state index contributed by atoms with van der Waals surface area (Å²) in [5.74, 6) is -0.192. The second kappa shape index (κ2) is 8.27. The summed E-state index contributed by atoms with van der Waals surface area (Å²) in [6.07, 6.45) is 5.29. The van der Waals surface area contributed by atoms with E-state index in [4.69, 9.17) is 0 Å². The van der Waals surface area contributed by atoms with Crippen LogP contribution in [-0.4, -0.2) is 8.42 Å². The van der Waals surface area contributed by atoms with E-state index in [2.05, 4.69) is 67.2 Å². The molecule has 1 aliphatic heterocycles. The lowest BCUT2D eigenvalue weighted by Crippen LogP contribution is -2.29. The van der Waals surface area contributed by atoms with Crippen molar-refractivity contribution in [2.75, 3.05) is 10.0 Å². The largest absolute Gasteiger partial charge is 0.378 e. The van der Waals surface area contributed by atoms with Crippen LogP contribution in [0.5, 0.6) is 0 Å². The second-order valence-corrected chi connectivity index (χ2v) is 11.9. The number of hydrogen-bond donors (Lipinski definition) is 2. The van der Waals surface area contributed by atoms with E-state index in [1.165, 1.54) is 29.3 Å². The highest BCUT2D eigenvalue weighted by Gasteiger charge is 2.38. The van der Waals surface area contributed by atoms with Crippen LogP contribution < -0.4 is 10.0 Å². The Bertz CT molecular complexity index is 1360. The van der Waals surface area contributed by atoms with E-state index in [1.54, 1.807) is 18.2 Å². The number of anilines is 2. The maximum absolute atomic E-state index is 14.0. The summed E-state index contributed by atoms with van der Waals surface area (Å²) in [6.45, 7) is 6.63. The van der Waals surface area contributed by atoms with Crippen LogP contribution in [0.25, 0.3) is 0 Å². The van der Waals surface area contributed by atoms with Gasteiger partial charge in [-0.25, -0.2) is 12.8 Å². The number of hydrogen-bond acceptors (Lipinski definition) is 3. The standard InChI is InChI=1S/C28H29FN2O2S/c1-28(2,3)19-13-11-18(12-14-19)27-22-8-6-7-21(22)23-17-20(15-16-25(23)30-27)34(32,33)31-26-10-5-4-9-24(26)29/h4-7,9-17,21-22,27,30-31H,8H2,1-3H3/t21-,22+,27+/m0/s1. The highest BCUT2D eigenvalue weighted by molar-refractivity contribution is 7.92. The maximum Gasteiger partial charge on any atom is 0.261 e. The van der Waals surface area contributed by atoms with Gasteiger partial charge in [0.25, 0.3) is 10.0 Å². The fourth-order valence-corrected chi connectivity index (χ4v) is 6.11. The average Bonchev–Trinajstić information content (AvgIpc) is 3.29. The number of halogens is 1. The molecule has 2 aliphatic rings. The van der Waals surface area contributed by atoms with Gasteiger partial charge in [-0.05, 0) is 64.8 Å². The third kappa shape index (κ3) is 4.11. The lowest BCUT2D eigenvalue weighted by Gasteiger charge is -2.38. The topological polar surface area (TPSA) is 58.2 Å². The van der Waals surface area contributed by atoms with E-state index in [-0.39, 0.29) is 28.0 Å². The van der Waals surface area contributed by atoms with E-state index < -0.39 is 15.8 Å². The lowest BCUT2D eigenvalue weighted by molar-refractivity contribution is 0.425. The smallest absolute Gasteiger partial charge is 0.261 e. The SMILES string of the molecule is CC(C)(C)c1ccc([C@H]2Nc3ccc(S(=O)(=O)Nc4ccccc4F)cc3[C@H]3C=CC[C@H]32)cc1. The molecule has 5 rings (SSSR count). The summed E-state index contributed by atoms with van der Waals surface area (Å²) >= 11 is 0. The Kier molecular flexibility index (Phi) is 5.52. The normalized spacial score (nSPS) is 21.5. The van der Waals surface area contributed by atoms with E-state index in [0.717, 1.165) is 17.7 Å². The van der Waals surface area contributed by atoms with Crippen molar-refractivity contribution in [3.63, 3.8) is 0 Å². The van der Waals surface area contributed by atoms with Gasteiger partial charge in [-0.3, -0.25) is 4.72 Å². The molecule has 3 atom stereocenters. The van der Waals surface area contributed by atoms with Crippen molar-refractivity contribution >= 4 is 21.4 Å². The van der Waals surface area contributed by atoms with Gasteiger partial charge in [0.15, 0.2) is 0 Å². The molecular formula is C28H29FN2O2S. The quantitative estimate of drug-likeness (QED) is 0.410. The average molecular weight is 477 g/mol. The van der Waals surface area contributed by atoms with Crippen LogP contribution in [0.2, 0.25) is 0 Å². The zero-order valence-electron chi connectivity index (χ0n) is 19.5. The summed E-state index contributed by atoms with van der Waals surface area (Å²) in [4.78, 5) is 0.128. The molecule has 3 aromatic carbocycles. The van der Waals surface area contributed by atoms with Crippen LogP contribution >= 0.6 is 0 Å². The van der Waals surface area contributed by atoms with Gasteiger partial charge in [-0.1, -0.05) is 69.3 Å². The molecule has 0 spiro atoms. The third-order valence-corrected chi connectivity index (χ3v) is 8.26. The molecule has 0 radical (unpaired) electrons. The van der Waals surface area contributed by atoms with E-state index in [1.807, 2.05) is 6.07 Å². The van der Waals surface area contributed by atoms with Crippen molar-refractivity contribution in [2.24, 2.45) is 5.92 Å². The minimum atomic E-state index is -3.92. The molecule has 1 aliphatic carbocycles. The number of benzene rings is 3. The lowest BCUT2D eigenvalue weighted by atomic mass is 9.76. The monoisotopic (exact) mass is 476 g/mol. The number of fused-ring (bicyclic) bond motifs is 3. The number of sulfonamides is 1. The van der Waals surface area contributed by atoms with Gasteiger partial charge >= 0.3 is 0 Å². The molecular weight excluding hydrogens is 447 g/mol. The molecule has 0 aromatic heterocycles. The van der Waals surface area contributed by atoms with Gasteiger partial charge in [-0.2, -0.15) is 0 Å². The minimum Gasteiger partial charge on any atom is -0.378 e. The fourth-order valence-electron chi connectivity index (χ4n) is 5.01. The highest BCUT2D eigenvalue weighted by atomic mass is 32.2. The molecule has 2 N–H and O–H groups in total. The number of allylic oxidation sites excluding steroid dienone is 2. The molecule has 0 unspecified atom stereocenters. The van der Waals surface area contributed by atoms with E-state index in [0.29, 0.717) is 5.92 Å². The Balaban J connectivity index is 1.46. The number of rotatable bonds is 4. The molecule has 0 amide bonds. The van der Waals surface area contributed by atoms with E-state index >= 15 is 0 Å².